The molecule has 6 nitrogen and oxygen atoms in total. The van der Waals surface area contributed by atoms with Crippen LogP contribution in [0.15, 0.2) is 36.4 Å². The summed E-state index contributed by atoms with van der Waals surface area (Å²) in [5.74, 6) is -6.04. The van der Waals surface area contributed by atoms with Gasteiger partial charge in [0.25, 0.3) is 0 Å². The first-order valence-corrected chi connectivity index (χ1v) is 8.11. The van der Waals surface area contributed by atoms with Gasteiger partial charge >= 0.3 is 24.1 Å². The first-order chi connectivity index (χ1) is 13.4. The average molecular weight is 437 g/mol. The molecule has 12 heteroatoms. The second kappa shape index (κ2) is 7.07. The van der Waals surface area contributed by atoms with Crippen molar-refractivity contribution < 1.29 is 41.0 Å². The molecule has 0 saturated heterocycles. The molecule has 1 N–H and O–H groups in total. The fraction of sp³-hybridized carbons (Fsp3) is 0.176. The molecule has 3 rings (SSSR count). The molecule has 2 aromatic carbocycles. The number of nitrogens with zero attached hydrogens (tertiary/aromatic N) is 1. The molecule has 29 heavy (non-hydrogen) atoms. The minimum Gasteiger partial charge on any atom is -0.393 e. The molecule has 0 saturated carbocycles. The van der Waals surface area contributed by atoms with Crippen LogP contribution >= 0.6 is 11.6 Å². The fourth-order valence-corrected chi connectivity index (χ4v) is 2.78. The predicted molar refractivity (Wildman–Crippen MR) is 90.5 cm³/mol. The molecule has 0 fully saturated rings. The zero-order valence-electron chi connectivity index (χ0n) is 14.3. The minimum absolute atomic E-state index is 0.161. The van der Waals surface area contributed by atoms with Crippen LogP contribution in [-0.2, 0) is 15.3 Å². The largest absolute Gasteiger partial charge is 0.473 e. The molecule has 2 amide bonds. The molecular weight excluding hydrogens is 427 g/mol. The van der Waals surface area contributed by atoms with Gasteiger partial charge in [0.1, 0.15) is 11.6 Å². The number of nitrogens with one attached hydrogen (secondary N) is 1. The summed E-state index contributed by atoms with van der Waals surface area (Å²) < 4.78 is 77.8. The van der Waals surface area contributed by atoms with Gasteiger partial charge in [-0.25, -0.2) is 18.4 Å². The number of carbonyl (C=O) groups is 2. The standard InChI is InChI=1S/C17H10ClF5N2O4/c1-25(13-5-3-9(19)7-11(13)20)15(27)29-16(17(21,22)23)10-6-8(18)2-4-12(10)24-14(26)28-16/h2-7H,1H3,(H,24,26). The van der Waals surface area contributed by atoms with Gasteiger partial charge in [-0.2, -0.15) is 13.2 Å². The number of hydrogen-bond acceptors (Lipinski definition) is 4. The van der Waals surface area contributed by atoms with Crippen LogP contribution in [0.1, 0.15) is 5.56 Å². The first-order valence-electron chi connectivity index (χ1n) is 7.73. The highest BCUT2D eigenvalue weighted by Crippen LogP contribution is 2.49. The molecule has 2 aromatic rings. The maximum atomic E-state index is 14.0. The van der Waals surface area contributed by atoms with Gasteiger partial charge in [-0.3, -0.25) is 10.2 Å². The van der Waals surface area contributed by atoms with E-state index >= 15 is 0 Å². The summed E-state index contributed by atoms with van der Waals surface area (Å²) in [7, 11) is 0.893. The summed E-state index contributed by atoms with van der Waals surface area (Å²) in [6, 6.07) is 5.12. The van der Waals surface area contributed by atoms with E-state index in [1.165, 1.54) is 6.07 Å². The summed E-state index contributed by atoms with van der Waals surface area (Å²) in [6.45, 7) is 0. The Hall–Kier alpha value is -3.08. The molecule has 1 heterocycles. The van der Waals surface area contributed by atoms with E-state index in [1.54, 1.807) is 0 Å². The van der Waals surface area contributed by atoms with Crippen molar-refractivity contribution in [2.24, 2.45) is 0 Å². The summed E-state index contributed by atoms with van der Waals surface area (Å²) in [6.07, 6.45) is -8.70. The number of fused-ring (bicyclic) bond motifs is 1. The Balaban J connectivity index is 2.06. The molecule has 0 aliphatic carbocycles. The number of ether oxygens (including phenoxy) is 2. The van der Waals surface area contributed by atoms with Gasteiger partial charge in [-0.1, -0.05) is 11.6 Å². The zero-order valence-corrected chi connectivity index (χ0v) is 15.1. The third kappa shape index (κ3) is 3.65. The van der Waals surface area contributed by atoms with Crippen molar-refractivity contribution in [1.29, 1.82) is 0 Å². The summed E-state index contributed by atoms with van der Waals surface area (Å²) in [4.78, 5) is 24.5. The Kier molecular flexibility index (Phi) is 5.03. The average Bonchev–Trinajstić information content (AvgIpc) is 2.60. The lowest BCUT2D eigenvalue weighted by Gasteiger charge is -2.38. The Bertz CT molecular complexity index is 1000. The Labute approximate surface area is 164 Å². The van der Waals surface area contributed by atoms with Gasteiger partial charge in [0.05, 0.1) is 16.9 Å². The molecule has 0 aromatic heterocycles. The van der Waals surface area contributed by atoms with Crippen LogP contribution in [0.2, 0.25) is 5.02 Å². The third-order valence-corrected chi connectivity index (χ3v) is 4.19. The molecule has 1 unspecified atom stereocenters. The highest BCUT2D eigenvalue weighted by molar-refractivity contribution is 6.30. The van der Waals surface area contributed by atoms with E-state index in [0.717, 1.165) is 31.3 Å². The van der Waals surface area contributed by atoms with Crippen molar-refractivity contribution in [3.8, 4) is 0 Å². The number of alkyl halides is 3. The highest BCUT2D eigenvalue weighted by atomic mass is 35.5. The van der Waals surface area contributed by atoms with E-state index in [2.05, 4.69) is 9.47 Å². The molecule has 1 atom stereocenters. The van der Waals surface area contributed by atoms with Gasteiger partial charge in [0.2, 0.25) is 0 Å². The Morgan fingerprint density at radius 2 is 1.90 bits per heavy atom. The monoisotopic (exact) mass is 436 g/mol. The van der Waals surface area contributed by atoms with Crippen LogP contribution in [0.4, 0.5) is 42.9 Å². The van der Waals surface area contributed by atoms with Gasteiger partial charge in [-0.05, 0) is 30.3 Å². The van der Waals surface area contributed by atoms with Crippen molar-refractivity contribution in [2.45, 2.75) is 12.0 Å². The highest BCUT2D eigenvalue weighted by Gasteiger charge is 2.66. The molecular formula is C17H10ClF5N2O4. The number of hydrogen-bond donors (Lipinski definition) is 1. The molecule has 1 aliphatic heterocycles. The van der Waals surface area contributed by atoms with E-state index in [9.17, 15) is 31.5 Å². The lowest BCUT2D eigenvalue weighted by atomic mass is 10.0. The Morgan fingerprint density at radius 3 is 2.52 bits per heavy atom. The summed E-state index contributed by atoms with van der Waals surface area (Å²) in [5, 5.41) is 1.88. The van der Waals surface area contributed by atoms with E-state index < -0.39 is 47.0 Å². The number of benzene rings is 2. The second-order valence-corrected chi connectivity index (χ2v) is 6.28. The maximum Gasteiger partial charge on any atom is 0.473 e. The van der Waals surface area contributed by atoms with Crippen molar-refractivity contribution >= 4 is 35.2 Å². The van der Waals surface area contributed by atoms with Crippen LogP contribution in [0.25, 0.3) is 0 Å². The lowest BCUT2D eigenvalue weighted by molar-refractivity contribution is -0.350. The summed E-state index contributed by atoms with van der Waals surface area (Å²) >= 11 is 5.75. The zero-order chi connectivity index (χ0) is 21.6. The minimum atomic E-state index is -5.43. The van der Waals surface area contributed by atoms with Crippen LogP contribution in [-0.4, -0.2) is 25.4 Å². The quantitative estimate of drug-likeness (QED) is 0.660. The molecule has 154 valence electrons. The van der Waals surface area contributed by atoms with Gasteiger partial charge in [0.15, 0.2) is 0 Å². The van der Waals surface area contributed by atoms with Crippen LogP contribution < -0.4 is 10.2 Å². The number of carbonyl (C=O) groups excluding carboxylic acids is 2. The van der Waals surface area contributed by atoms with Crippen molar-refractivity contribution in [1.82, 2.24) is 0 Å². The smallest absolute Gasteiger partial charge is 0.393 e. The van der Waals surface area contributed by atoms with Crippen molar-refractivity contribution in [3.63, 3.8) is 0 Å². The van der Waals surface area contributed by atoms with Crippen LogP contribution in [0, 0.1) is 11.6 Å². The van der Waals surface area contributed by atoms with E-state index in [4.69, 9.17) is 11.6 Å². The Morgan fingerprint density at radius 1 is 1.21 bits per heavy atom. The van der Waals surface area contributed by atoms with Crippen molar-refractivity contribution in [2.75, 3.05) is 17.3 Å². The topological polar surface area (TPSA) is 67.9 Å². The number of amides is 2. The molecule has 0 bridgehead atoms. The van der Waals surface area contributed by atoms with Crippen molar-refractivity contribution in [3.05, 3.63) is 58.6 Å². The molecule has 1 aliphatic rings. The van der Waals surface area contributed by atoms with E-state index in [0.29, 0.717) is 11.0 Å². The number of rotatable bonds is 2. The third-order valence-electron chi connectivity index (χ3n) is 3.96. The number of halogens is 6. The van der Waals surface area contributed by atoms with Gasteiger partial charge in [-0.15, -0.1) is 0 Å². The summed E-state index contributed by atoms with van der Waals surface area (Å²) in [5.41, 5.74) is -1.72. The molecule has 0 radical (unpaired) electrons. The SMILES string of the molecule is CN(C(=O)OC1(C(F)(F)F)OC(=O)Nc2ccc(Cl)cc21)c1ccc(F)cc1F. The van der Waals surface area contributed by atoms with Crippen LogP contribution in [0.5, 0.6) is 0 Å². The number of anilines is 2. The normalized spacial score (nSPS) is 18.4. The van der Waals surface area contributed by atoms with Crippen LogP contribution in [0.3, 0.4) is 0 Å². The molecule has 0 spiro atoms. The lowest BCUT2D eigenvalue weighted by Crippen LogP contribution is -2.54. The first kappa shape index (κ1) is 20.6. The van der Waals surface area contributed by atoms with Gasteiger partial charge in [0, 0.05) is 18.1 Å². The predicted octanol–water partition coefficient (Wildman–Crippen LogP) is 5.17. The van der Waals surface area contributed by atoms with E-state index in [-0.39, 0.29) is 10.7 Å². The maximum absolute atomic E-state index is 14.0. The van der Waals surface area contributed by atoms with Gasteiger partial charge < -0.3 is 9.47 Å². The number of cyclic esters (lactones) is 1. The fourth-order valence-electron chi connectivity index (χ4n) is 2.61. The van der Waals surface area contributed by atoms with E-state index in [1.807, 2.05) is 5.32 Å². The second-order valence-electron chi connectivity index (χ2n) is 5.84.